The Morgan fingerprint density at radius 1 is 1.00 bits per heavy atom. The van der Waals surface area contributed by atoms with Gasteiger partial charge in [0.15, 0.2) is 0 Å². The molecule has 1 amide bonds. The number of imidazole rings is 1. The second kappa shape index (κ2) is 9.22. The molecule has 2 aromatic heterocycles. The molecule has 6 nitrogen and oxygen atoms in total. The lowest BCUT2D eigenvalue weighted by molar-refractivity contribution is 0.152. The van der Waals surface area contributed by atoms with Gasteiger partial charge in [0.05, 0.1) is 16.9 Å². The van der Waals surface area contributed by atoms with E-state index in [0.717, 1.165) is 45.9 Å². The Hall–Kier alpha value is -3.67. The van der Waals surface area contributed by atoms with E-state index >= 15 is 0 Å². The van der Waals surface area contributed by atoms with Crippen LogP contribution >= 0.6 is 0 Å². The minimum absolute atomic E-state index is 0.365. The van der Waals surface area contributed by atoms with Crippen molar-refractivity contribution >= 4 is 17.1 Å². The molecule has 2 heterocycles. The largest absolute Gasteiger partial charge is 0.415 e. The van der Waals surface area contributed by atoms with Crippen molar-refractivity contribution in [2.45, 2.75) is 40.7 Å². The van der Waals surface area contributed by atoms with E-state index in [1.165, 1.54) is 0 Å². The number of aryl methyl sites for hydroxylation is 3. The summed E-state index contributed by atoms with van der Waals surface area (Å²) >= 11 is 0. The van der Waals surface area contributed by atoms with Crippen LogP contribution in [0.15, 0.2) is 60.7 Å². The summed E-state index contributed by atoms with van der Waals surface area (Å²) in [5, 5.41) is 0. The number of carbonyl (C=O) groups is 1. The first-order valence-corrected chi connectivity index (χ1v) is 11.0. The van der Waals surface area contributed by atoms with Crippen molar-refractivity contribution in [3.05, 3.63) is 83.4 Å². The van der Waals surface area contributed by atoms with E-state index in [-0.39, 0.29) is 6.09 Å². The van der Waals surface area contributed by atoms with Crippen LogP contribution in [-0.2, 0) is 13.0 Å². The van der Waals surface area contributed by atoms with Crippen LogP contribution in [0.5, 0.6) is 5.75 Å². The molecule has 0 atom stereocenters. The summed E-state index contributed by atoms with van der Waals surface area (Å²) in [5.74, 6) is 1.45. The molecule has 4 rings (SSSR count). The Kier molecular flexibility index (Phi) is 6.21. The molecule has 0 saturated carbocycles. The van der Waals surface area contributed by atoms with Gasteiger partial charge in [-0.3, -0.25) is 9.55 Å². The maximum Gasteiger partial charge on any atom is 0.415 e. The fourth-order valence-electron chi connectivity index (χ4n) is 3.91. The lowest BCUT2D eigenvalue weighted by Crippen LogP contribution is -2.32. The zero-order valence-corrected chi connectivity index (χ0v) is 19.0. The second-order valence-electron chi connectivity index (χ2n) is 7.80. The molecule has 0 aliphatic heterocycles. The molecule has 2 aromatic carbocycles. The van der Waals surface area contributed by atoms with Crippen molar-refractivity contribution in [1.29, 1.82) is 0 Å². The fraction of sp³-hybridized carbons (Fsp3) is 0.269. The third kappa shape index (κ3) is 4.35. The standard InChI is InChI=1S/C26H28N4O2/c1-5-24-28-25-19(4)27-18(3)15-23(25)30(24)21-13-10-14-22(16-21)32-26(31)29(6-2)17-20-11-8-7-9-12-20/h7-16H,5-6,17H2,1-4H3. The Labute approximate surface area is 188 Å². The predicted molar refractivity (Wildman–Crippen MR) is 126 cm³/mol. The van der Waals surface area contributed by atoms with Crippen LogP contribution in [0.2, 0.25) is 0 Å². The summed E-state index contributed by atoms with van der Waals surface area (Å²) in [6, 6.07) is 19.6. The highest BCUT2D eigenvalue weighted by molar-refractivity contribution is 5.81. The average molecular weight is 429 g/mol. The van der Waals surface area contributed by atoms with Crippen LogP contribution < -0.4 is 4.74 Å². The average Bonchev–Trinajstić information content (AvgIpc) is 3.17. The van der Waals surface area contributed by atoms with E-state index < -0.39 is 0 Å². The van der Waals surface area contributed by atoms with Crippen LogP contribution in [0, 0.1) is 13.8 Å². The number of carbonyl (C=O) groups excluding carboxylic acids is 1. The van der Waals surface area contributed by atoms with Gasteiger partial charge < -0.3 is 9.64 Å². The molecule has 0 fully saturated rings. The molecular weight excluding hydrogens is 400 g/mol. The number of rotatable bonds is 6. The Morgan fingerprint density at radius 2 is 1.78 bits per heavy atom. The van der Waals surface area contributed by atoms with Crippen molar-refractivity contribution in [1.82, 2.24) is 19.4 Å². The first-order chi connectivity index (χ1) is 15.5. The van der Waals surface area contributed by atoms with Crippen molar-refractivity contribution < 1.29 is 9.53 Å². The van der Waals surface area contributed by atoms with Gasteiger partial charge in [-0.25, -0.2) is 9.78 Å². The van der Waals surface area contributed by atoms with Crippen LogP contribution in [0.1, 0.15) is 36.6 Å². The molecule has 6 heteroatoms. The first kappa shape index (κ1) is 21.6. The quantitative estimate of drug-likeness (QED) is 0.400. The van der Waals surface area contributed by atoms with Gasteiger partial charge >= 0.3 is 6.09 Å². The maximum absolute atomic E-state index is 12.8. The van der Waals surface area contributed by atoms with Crippen molar-refractivity contribution in [2.75, 3.05) is 6.54 Å². The summed E-state index contributed by atoms with van der Waals surface area (Å²) < 4.78 is 7.87. The molecule has 0 bridgehead atoms. The number of ether oxygens (including phenoxy) is 1. The lowest BCUT2D eigenvalue weighted by atomic mass is 10.2. The third-order valence-electron chi connectivity index (χ3n) is 5.47. The van der Waals surface area contributed by atoms with Gasteiger partial charge in [-0.1, -0.05) is 43.3 Å². The van der Waals surface area contributed by atoms with Gasteiger partial charge in [-0.15, -0.1) is 0 Å². The molecule has 4 aromatic rings. The molecular formula is C26H28N4O2. The molecule has 0 N–H and O–H groups in total. The predicted octanol–water partition coefficient (Wildman–Crippen LogP) is 5.62. The van der Waals surface area contributed by atoms with Gasteiger partial charge in [0.2, 0.25) is 0 Å². The fourth-order valence-corrected chi connectivity index (χ4v) is 3.91. The SMILES string of the molecule is CCc1nc2c(C)nc(C)cc2n1-c1cccc(OC(=O)N(CC)Cc2ccccc2)c1. The molecule has 0 saturated heterocycles. The van der Waals surface area contributed by atoms with E-state index in [1.54, 1.807) is 11.0 Å². The number of fused-ring (bicyclic) bond motifs is 1. The Morgan fingerprint density at radius 3 is 2.50 bits per heavy atom. The lowest BCUT2D eigenvalue weighted by Gasteiger charge is -2.20. The minimum Gasteiger partial charge on any atom is -0.410 e. The van der Waals surface area contributed by atoms with E-state index in [2.05, 4.69) is 16.5 Å². The minimum atomic E-state index is -0.365. The van der Waals surface area contributed by atoms with E-state index in [1.807, 2.05) is 75.4 Å². The van der Waals surface area contributed by atoms with Gasteiger partial charge in [0.1, 0.15) is 17.1 Å². The topological polar surface area (TPSA) is 60.2 Å². The molecule has 164 valence electrons. The number of nitrogens with zero attached hydrogens (tertiary/aromatic N) is 4. The normalized spacial score (nSPS) is 11.0. The highest BCUT2D eigenvalue weighted by Gasteiger charge is 2.17. The van der Waals surface area contributed by atoms with Crippen molar-refractivity contribution in [2.24, 2.45) is 0 Å². The summed E-state index contributed by atoms with van der Waals surface area (Å²) in [5.41, 5.74) is 5.74. The zero-order chi connectivity index (χ0) is 22.7. The summed E-state index contributed by atoms with van der Waals surface area (Å²) in [6.07, 6.45) is 0.410. The number of hydrogen-bond acceptors (Lipinski definition) is 4. The molecule has 0 aliphatic carbocycles. The second-order valence-corrected chi connectivity index (χ2v) is 7.80. The first-order valence-electron chi connectivity index (χ1n) is 11.0. The molecule has 0 spiro atoms. The monoisotopic (exact) mass is 428 g/mol. The number of aromatic nitrogens is 3. The maximum atomic E-state index is 12.8. The highest BCUT2D eigenvalue weighted by atomic mass is 16.6. The number of amides is 1. The van der Waals surface area contributed by atoms with E-state index in [4.69, 9.17) is 9.72 Å². The Balaban J connectivity index is 1.64. The van der Waals surface area contributed by atoms with E-state index in [0.29, 0.717) is 18.8 Å². The number of benzene rings is 2. The van der Waals surface area contributed by atoms with Crippen LogP contribution in [-0.4, -0.2) is 32.1 Å². The summed E-state index contributed by atoms with van der Waals surface area (Å²) in [6.45, 7) is 9.07. The zero-order valence-electron chi connectivity index (χ0n) is 19.0. The molecule has 0 radical (unpaired) electrons. The van der Waals surface area contributed by atoms with E-state index in [9.17, 15) is 4.79 Å². The highest BCUT2D eigenvalue weighted by Crippen LogP contribution is 2.27. The molecule has 0 unspecified atom stereocenters. The van der Waals surface area contributed by atoms with Crippen LogP contribution in [0.3, 0.4) is 0 Å². The van der Waals surface area contributed by atoms with Crippen LogP contribution in [0.25, 0.3) is 16.7 Å². The van der Waals surface area contributed by atoms with Gasteiger partial charge in [0.25, 0.3) is 0 Å². The molecule has 32 heavy (non-hydrogen) atoms. The smallest absolute Gasteiger partial charge is 0.410 e. The number of pyridine rings is 1. The van der Waals surface area contributed by atoms with Gasteiger partial charge in [0, 0.05) is 31.3 Å². The van der Waals surface area contributed by atoms with Crippen molar-refractivity contribution in [3.63, 3.8) is 0 Å². The Bertz CT molecular complexity index is 1250. The summed E-state index contributed by atoms with van der Waals surface area (Å²) in [4.78, 5) is 23.9. The third-order valence-corrected chi connectivity index (χ3v) is 5.47. The summed E-state index contributed by atoms with van der Waals surface area (Å²) in [7, 11) is 0. The van der Waals surface area contributed by atoms with Crippen molar-refractivity contribution in [3.8, 4) is 11.4 Å². The van der Waals surface area contributed by atoms with Gasteiger partial charge in [-0.2, -0.15) is 0 Å². The number of hydrogen-bond donors (Lipinski definition) is 0. The molecule has 0 aliphatic rings. The van der Waals surface area contributed by atoms with Gasteiger partial charge in [-0.05, 0) is 44.5 Å². The van der Waals surface area contributed by atoms with Crippen LogP contribution in [0.4, 0.5) is 4.79 Å².